The molecule has 2 aliphatic rings. The van der Waals surface area contributed by atoms with Crippen LogP contribution < -0.4 is 10.2 Å². The smallest absolute Gasteiger partial charge is 0.259 e. The molecular weight excluding hydrogens is 388 g/mol. The Morgan fingerprint density at radius 1 is 1.13 bits per heavy atom. The molecule has 1 aliphatic carbocycles. The molecule has 2 aromatic heterocycles. The summed E-state index contributed by atoms with van der Waals surface area (Å²) < 4.78 is 1.92. The van der Waals surface area contributed by atoms with Gasteiger partial charge in [0.15, 0.2) is 5.82 Å². The van der Waals surface area contributed by atoms with Gasteiger partial charge < -0.3 is 10.2 Å². The Labute approximate surface area is 182 Å². The molecular formula is C24H28N6O. The van der Waals surface area contributed by atoms with E-state index in [1.165, 1.54) is 6.42 Å². The number of anilines is 2. The molecule has 1 saturated heterocycles. The maximum absolute atomic E-state index is 13.2. The second-order valence-electron chi connectivity index (χ2n) is 8.43. The Bertz CT molecular complexity index is 1060. The van der Waals surface area contributed by atoms with E-state index in [9.17, 15) is 4.79 Å². The van der Waals surface area contributed by atoms with Crippen molar-refractivity contribution in [2.24, 2.45) is 0 Å². The normalized spacial score (nSPS) is 18.7. The van der Waals surface area contributed by atoms with E-state index >= 15 is 0 Å². The lowest BCUT2D eigenvalue weighted by molar-refractivity contribution is 0.102. The van der Waals surface area contributed by atoms with Gasteiger partial charge in [-0.1, -0.05) is 37.3 Å². The summed E-state index contributed by atoms with van der Waals surface area (Å²) in [7, 11) is 0. The fourth-order valence-electron chi connectivity index (χ4n) is 4.55. The largest absolute Gasteiger partial charge is 0.352 e. The Morgan fingerprint density at radius 3 is 2.71 bits per heavy atom. The number of rotatable bonds is 6. The van der Waals surface area contributed by atoms with Gasteiger partial charge in [-0.3, -0.25) is 9.48 Å². The molecule has 0 unspecified atom stereocenters. The van der Waals surface area contributed by atoms with Crippen LogP contribution in [0.2, 0.25) is 0 Å². The van der Waals surface area contributed by atoms with Crippen molar-refractivity contribution in [1.82, 2.24) is 19.7 Å². The molecule has 0 spiro atoms. The molecule has 1 aliphatic heterocycles. The van der Waals surface area contributed by atoms with Gasteiger partial charge in [0, 0.05) is 24.3 Å². The summed E-state index contributed by atoms with van der Waals surface area (Å²) >= 11 is 0. The van der Waals surface area contributed by atoms with Crippen LogP contribution in [-0.4, -0.2) is 38.2 Å². The Kier molecular flexibility index (Phi) is 5.40. The maximum Gasteiger partial charge on any atom is 0.259 e. The number of carbonyl (C=O) groups is 1. The van der Waals surface area contributed by atoms with Crippen molar-refractivity contribution in [1.29, 1.82) is 0 Å². The number of nitrogens with zero attached hydrogens (tertiary/aromatic N) is 5. The molecule has 1 aromatic carbocycles. The highest BCUT2D eigenvalue weighted by Crippen LogP contribution is 2.37. The SMILES string of the molecule is CC[C@H]1CCCN1c1ncnc(-c2ccccc2)c1NC(=O)c1cnn(C2CCC2)c1. The third-order valence-electron chi connectivity index (χ3n) is 6.55. The molecule has 1 N–H and O–H groups in total. The second-order valence-corrected chi connectivity index (χ2v) is 8.43. The van der Waals surface area contributed by atoms with Crippen molar-refractivity contribution < 1.29 is 4.79 Å². The number of benzene rings is 1. The highest BCUT2D eigenvalue weighted by atomic mass is 16.1. The summed E-state index contributed by atoms with van der Waals surface area (Å²) in [5.74, 6) is 0.629. The van der Waals surface area contributed by atoms with E-state index in [-0.39, 0.29) is 5.91 Å². The van der Waals surface area contributed by atoms with Crippen LogP contribution >= 0.6 is 0 Å². The molecule has 3 heterocycles. The number of hydrogen-bond donors (Lipinski definition) is 1. The molecule has 0 bridgehead atoms. The maximum atomic E-state index is 13.2. The first kappa shape index (κ1) is 19.7. The van der Waals surface area contributed by atoms with Crippen molar-refractivity contribution in [2.75, 3.05) is 16.8 Å². The molecule has 31 heavy (non-hydrogen) atoms. The minimum absolute atomic E-state index is 0.175. The van der Waals surface area contributed by atoms with Gasteiger partial charge in [-0.2, -0.15) is 5.10 Å². The van der Waals surface area contributed by atoms with E-state index in [1.54, 1.807) is 12.5 Å². The average molecular weight is 417 g/mol. The molecule has 1 amide bonds. The van der Waals surface area contributed by atoms with E-state index < -0.39 is 0 Å². The van der Waals surface area contributed by atoms with Crippen molar-refractivity contribution in [2.45, 2.75) is 57.5 Å². The van der Waals surface area contributed by atoms with Crippen molar-refractivity contribution in [3.63, 3.8) is 0 Å². The Balaban J connectivity index is 1.51. The van der Waals surface area contributed by atoms with Gasteiger partial charge in [-0.15, -0.1) is 0 Å². The third-order valence-corrected chi connectivity index (χ3v) is 6.55. The van der Waals surface area contributed by atoms with Crippen molar-refractivity contribution in [3.8, 4) is 11.3 Å². The first-order chi connectivity index (χ1) is 15.2. The molecule has 1 atom stereocenters. The number of nitrogens with one attached hydrogen (secondary N) is 1. The monoisotopic (exact) mass is 416 g/mol. The Hall–Kier alpha value is -3.22. The predicted octanol–water partition coefficient (Wildman–Crippen LogP) is 4.70. The molecule has 5 rings (SSSR count). The number of hydrogen-bond acceptors (Lipinski definition) is 5. The van der Waals surface area contributed by atoms with Gasteiger partial charge in [0.25, 0.3) is 5.91 Å². The minimum Gasteiger partial charge on any atom is -0.352 e. The Morgan fingerprint density at radius 2 is 1.97 bits per heavy atom. The van der Waals surface area contributed by atoms with Crippen LogP contribution in [0.15, 0.2) is 49.1 Å². The molecule has 3 aromatic rings. The molecule has 0 radical (unpaired) electrons. The van der Waals surface area contributed by atoms with Crippen LogP contribution in [0, 0.1) is 0 Å². The molecule has 2 fully saturated rings. The lowest BCUT2D eigenvalue weighted by Gasteiger charge is -2.27. The quantitative estimate of drug-likeness (QED) is 0.631. The fourth-order valence-corrected chi connectivity index (χ4v) is 4.55. The summed E-state index contributed by atoms with van der Waals surface area (Å²) in [6.07, 6.45) is 11.9. The van der Waals surface area contributed by atoms with Crippen LogP contribution in [0.25, 0.3) is 11.3 Å². The van der Waals surface area contributed by atoms with Crippen molar-refractivity contribution in [3.05, 3.63) is 54.6 Å². The predicted molar refractivity (Wildman–Crippen MR) is 121 cm³/mol. The molecule has 7 heteroatoms. The van der Waals surface area contributed by atoms with E-state index in [2.05, 4.69) is 32.2 Å². The van der Waals surface area contributed by atoms with Crippen LogP contribution in [-0.2, 0) is 0 Å². The zero-order chi connectivity index (χ0) is 21.2. The van der Waals surface area contributed by atoms with E-state index in [4.69, 9.17) is 0 Å². The minimum atomic E-state index is -0.175. The average Bonchev–Trinajstić information content (AvgIpc) is 3.43. The van der Waals surface area contributed by atoms with Gasteiger partial charge in [-0.25, -0.2) is 9.97 Å². The van der Waals surface area contributed by atoms with E-state index in [0.717, 1.165) is 55.7 Å². The van der Waals surface area contributed by atoms with E-state index in [1.807, 2.05) is 41.2 Å². The van der Waals surface area contributed by atoms with Crippen LogP contribution in [0.4, 0.5) is 11.5 Å². The zero-order valence-corrected chi connectivity index (χ0v) is 17.9. The van der Waals surface area contributed by atoms with Gasteiger partial charge in [0.1, 0.15) is 12.0 Å². The van der Waals surface area contributed by atoms with Crippen molar-refractivity contribution >= 4 is 17.4 Å². The number of aromatic nitrogens is 4. The summed E-state index contributed by atoms with van der Waals surface area (Å²) in [6, 6.07) is 10.8. The molecule has 160 valence electrons. The number of carbonyl (C=O) groups excluding carboxylic acids is 1. The second kappa shape index (κ2) is 8.49. The first-order valence-electron chi connectivity index (χ1n) is 11.3. The van der Waals surface area contributed by atoms with Gasteiger partial charge in [0.2, 0.25) is 0 Å². The first-order valence-corrected chi connectivity index (χ1v) is 11.3. The van der Waals surface area contributed by atoms with Crippen LogP contribution in [0.5, 0.6) is 0 Å². The molecule has 1 saturated carbocycles. The van der Waals surface area contributed by atoms with Gasteiger partial charge in [-0.05, 0) is 38.5 Å². The summed E-state index contributed by atoms with van der Waals surface area (Å²) in [6.45, 7) is 3.14. The summed E-state index contributed by atoms with van der Waals surface area (Å²) in [5.41, 5.74) is 2.94. The topological polar surface area (TPSA) is 75.9 Å². The summed E-state index contributed by atoms with van der Waals surface area (Å²) in [5, 5.41) is 7.57. The van der Waals surface area contributed by atoms with Gasteiger partial charge in [0.05, 0.1) is 23.5 Å². The van der Waals surface area contributed by atoms with Gasteiger partial charge >= 0.3 is 0 Å². The van der Waals surface area contributed by atoms with Crippen LogP contribution in [0.1, 0.15) is 61.8 Å². The highest BCUT2D eigenvalue weighted by Gasteiger charge is 2.29. The van der Waals surface area contributed by atoms with Crippen LogP contribution in [0.3, 0.4) is 0 Å². The van der Waals surface area contributed by atoms with E-state index in [0.29, 0.717) is 23.3 Å². The highest BCUT2D eigenvalue weighted by molar-refractivity contribution is 6.07. The number of amides is 1. The lowest BCUT2D eigenvalue weighted by atomic mass is 9.93. The fraction of sp³-hybridized carbons (Fsp3) is 0.417. The summed E-state index contributed by atoms with van der Waals surface area (Å²) in [4.78, 5) is 24.7. The third kappa shape index (κ3) is 3.80. The zero-order valence-electron chi connectivity index (χ0n) is 17.9. The molecule has 7 nitrogen and oxygen atoms in total. The lowest BCUT2D eigenvalue weighted by Crippen LogP contribution is -2.31. The standard InChI is InChI=1S/C24H28N6O/c1-2-19-12-7-13-29(19)23-22(21(25-16-26-23)17-8-4-3-5-9-17)28-24(31)18-14-27-30(15-18)20-10-6-11-20/h3-5,8-9,14-16,19-20H,2,6-7,10-13H2,1H3,(H,28,31)/t19-/m0/s1.